The number of piperidine rings is 1. The van der Waals surface area contributed by atoms with E-state index in [1.165, 1.54) is 11.1 Å². The van der Waals surface area contributed by atoms with E-state index < -0.39 is 0 Å². The Morgan fingerprint density at radius 1 is 1.10 bits per heavy atom. The first-order chi connectivity index (χ1) is 15.2. The fraction of sp³-hybridized carbons (Fsp3) is 0.348. The number of likely N-dealkylation sites (tertiary alicyclic amines) is 1. The molecule has 1 fully saturated rings. The van der Waals surface area contributed by atoms with Gasteiger partial charge in [0.1, 0.15) is 10.8 Å². The largest absolute Gasteiger partial charge is 0.493 e. The molecule has 160 valence electrons. The number of ether oxygens (including phenoxy) is 2. The van der Waals surface area contributed by atoms with Crippen molar-refractivity contribution in [1.29, 1.82) is 0 Å². The minimum Gasteiger partial charge on any atom is -0.493 e. The summed E-state index contributed by atoms with van der Waals surface area (Å²) in [6.07, 6.45) is 3.36. The van der Waals surface area contributed by atoms with Crippen LogP contribution in [-0.2, 0) is 6.54 Å². The Morgan fingerprint density at radius 3 is 2.71 bits per heavy atom. The van der Waals surface area contributed by atoms with Crippen molar-refractivity contribution in [2.75, 3.05) is 20.8 Å². The molecular weight excluding hydrogens is 412 g/mol. The van der Waals surface area contributed by atoms with Crippen LogP contribution in [0.2, 0.25) is 0 Å². The van der Waals surface area contributed by atoms with Gasteiger partial charge in [-0.15, -0.1) is 11.3 Å². The molecule has 2 aromatic heterocycles. The topological polar surface area (TPSA) is 80.3 Å². The summed E-state index contributed by atoms with van der Waals surface area (Å²) >= 11 is 1.76. The van der Waals surface area contributed by atoms with E-state index in [1.54, 1.807) is 37.7 Å². The number of hydrogen-bond acceptors (Lipinski definition) is 7. The lowest BCUT2D eigenvalue weighted by molar-refractivity contribution is 0.137. The fourth-order valence-electron chi connectivity index (χ4n) is 4.27. The van der Waals surface area contributed by atoms with Crippen LogP contribution in [-0.4, -0.2) is 40.6 Å². The Labute approximate surface area is 183 Å². The highest BCUT2D eigenvalue weighted by atomic mass is 32.1. The number of aromatic amines is 1. The predicted molar refractivity (Wildman–Crippen MR) is 122 cm³/mol. The smallest absolute Gasteiger partial charge is 0.258 e. The number of H-pyrrole nitrogens is 1. The summed E-state index contributed by atoms with van der Waals surface area (Å²) < 4.78 is 11.9. The van der Waals surface area contributed by atoms with Crippen LogP contribution < -0.4 is 15.0 Å². The van der Waals surface area contributed by atoms with Crippen LogP contribution in [0.5, 0.6) is 11.5 Å². The van der Waals surface area contributed by atoms with E-state index >= 15 is 0 Å². The molecule has 7 nitrogen and oxygen atoms in total. The van der Waals surface area contributed by atoms with Crippen LogP contribution >= 0.6 is 11.3 Å². The average Bonchev–Trinajstić information content (AvgIpc) is 3.23. The molecule has 1 aliphatic heterocycles. The molecular formula is C23H24N4O3S. The van der Waals surface area contributed by atoms with Gasteiger partial charge in [0, 0.05) is 6.07 Å². The lowest BCUT2D eigenvalue weighted by atomic mass is 10.0. The summed E-state index contributed by atoms with van der Waals surface area (Å²) in [6.45, 7) is 1.52. The molecule has 1 N–H and O–H groups in total. The number of nitrogens with zero attached hydrogens (tertiary/aromatic N) is 3. The van der Waals surface area contributed by atoms with Crippen LogP contribution in [0.3, 0.4) is 0 Å². The molecule has 31 heavy (non-hydrogen) atoms. The SMILES string of the molecule is COc1cc2nc(CN3CCCC[C@@H]3c3nc4ccccc4s3)[nH]c(=O)c2cc1OC. The lowest BCUT2D eigenvalue weighted by Crippen LogP contribution is -2.34. The molecule has 2 aromatic carbocycles. The summed E-state index contributed by atoms with van der Waals surface area (Å²) in [5.74, 6) is 1.73. The minimum absolute atomic E-state index is 0.172. The van der Waals surface area contributed by atoms with Gasteiger partial charge in [-0.1, -0.05) is 18.6 Å². The molecule has 4 aromatic rings. The van der Waals surface area contributed by atoms with Crippen LogP contribution in [0.15, 0.2) is 41.2 Å². The highest BCUT2D eigenvalue weighted by molar-refractivity contribution is 7.18. The van der Waals surface area contributed by atoms with Crippen LogP contribution in [0.25, 0.3) is 21.1 Å². The Balaban J connectivity index is 1.48. The molecule has 0 amide bonds. The second-order valence-electron chi connectivity index (χ2n) is 7.74. The number of thiazole rings is 1. The first-order valence-corrected chi connectivity index (χ1v) is 11.2. The quantitative estimate of drug-likeness (QED) is 0.503. The molecule has 1 saturated heterocycles. The molecule has 0 saturated carbocycles. The molecule has 1 aliphatic rings. The number of nitrogens with one attached hydrogen (secondary N) is 1. The average molecular weight is 437 g/mol. The minimum atomic E-state index is -0.172. The molecule has 0 spiro atoms. The number of fused-ring (bicyclic) bond motifs is 2. The van der Waals surface area contributed by atoms with Crippen molar-refractivity contribution in [3.8, 4) is 11.5 Å². The fourth-order valence-corrected chi connectivity index (χ4v) is 5.41. The Kier molecular flexibility index (Phi) is 5.33. The van der Waals surface area contributed by atoms with E-state index in [4.69, 9.17) is 19.4 Å². The number of aromatic nitrogens is 3. The van der Waals surface area contributed by atoms with Crippen LogP contribution in [0.4, 0.5) is 0 Å². The standard InChI is InChI=1S/C23H24N4O3S/c1-29-18-11-14-16(12-19(18)30-2)24-21(26-22(14)28)13-27-10-6-5-8-17(27)23-25-15-7-3-4-9-20(15)31-23/h3-4,7,9,11-12,17H,5-6,8,10,13H2,1-2H3,(H,24,26,28)/t17-/m1/s1. The highest BCUT2D eigenvalue weighted by Gasteiger charge is 2.27. The molecule has 0 radical (unpaired) electrons. The number of benzene rings is 2. The van der Waals surface area contributed by atoms with Gasteiger partial charge in [-0.3, -0.25) is 9.69 Å². The third kappa shape index (κ3) is 3.77. The van der Waals surface area contributed by atoms with Crippen molar-refractivity contribution in [1.82, 2.24) is 19.9 Å². The maximum absolute atomic E-state index is 12.8. The third-order valence-corrected chi connectivity index (χ3v) is 6.96. The number of para-hydroxylation sites is 1. The van der Waals surface area contributed by atoms with Crippen molar-refractivity contribution in [2.45, 2.75) is 31.8 Å². The molecule has 3 heterocycles. The van der Waals surface area contributed by atoms with Crippen molar-refractivity contribution in [2.24, 2.45) is 0 Å². The van der Waals surface area contributed by atoms with Gasteiger partial charge in [-0.25, -0.2) is 9.97 Å². The highest BCUT2D eigenvalue weighted by Crippen LogP contribution is 2.36. The number of methoxy groups -OCH3 is 2. The Hall–Kier alpha value is -2.97. The van der Waals surface area contributed by atoms with Gasteiger partial charge in [-0.2, -0.15) is 0 Å². The van der Waals surface area contributed by atoms with Gasteiger partial charge in [-0.05, 0) is 37.6 Å². The molecule has 0 bridgehead atoms. The van der Waals surface area contributed by atoms with E-state index in [0.29, 0.717) is 34.8 Å². The van der Waals surface area contributed by atoms with Crippen LogP contribution in [0.1, 0.15) is 36.1 Å². The summed E-state index contributed by atoms with van der Waals surface area (Å²) in [7, 11) is 3.13. The van der Waals surface area contributed by atoms with Gasteiger partial charge in [0.25, 0.3) is 5.56 Å². The van der Waals surface area contributed by atoms with E-state index in [1.807, 2.05) is 6.07 Å². The normalized spacial score (nSPS) is 17.3. The molecule has 0 unspecified atom stereocenters. The maximum Gasteiger partial charge on any atom is 0.258 e. The van der Waals surface area contributed by atoms with E-state index in [0.717, 1.165) is 29.9 Å². The first kappa shape index (κ1) is 20.0. The summed E-state index contributed by atoms with van der Waals surface area (Å²) in [5, 5.41) is 1.62. The first-order valence-electron chi connectivity index (χ1n) is 10.4. The van der Waals surface area contributed by atoms with Gasteiger partial charge in [0.2, 0.25) is 0 Å². The number of rotatable bonds is 5. The Bertz CT molecular complexity index is 1270. The molecule has 5 rings (SSSR count). The van der Waals surface area contributed by atoms with Crippen molar-refractivity contribution in [3.05, 3.63) is 57.6 Å². The van der Waals surface area contributed by atoms with Gasteiger partial charge >= 0.3 is 0 Å². The van der Waals surface area contributed by atoms with Crippen LogP contribution in [0, 0.1) is 0 Å². The van der Waals surface area contributed by atoms with E-state index in [-0.39, 0.29) is 11.6 Å². The van der Waals surface area contributed by atoms with Gasteiger partial charge in [0.05, 0.1) is 47.9 Å². The molecule has 0 aliphatic carbocycles. The zero-order valence-electron chi connectivity index (χ0n) is 17.6. The maximum atomic E-state index is 12.8. The Morgan fingerprint density at radius 2 is 1.90 bits per heavy atom. The third-order valence-electron chi connectivity index (χ3n) is 5.82. The predicted octanol–water partition coefficient (Wildman–Crippen LogP) is 4.28. The monoisotopic (exact) mass is 436 g/mol. The summed E-state index contributed by atoms with van der Waals surface area (Å²) in [4.78, 5) is 27.7. The lowest BCUT2D eigenvalue weighted by Gasteiger charge is -2.34. The van der Waals surface area contributed by atoms with Crippen molar-refractivity contribution in [3.63, 3.8) is 0 Å². The van der Waals surface area contributed by atoms with Gasteiger partial charge < -0.3 is 14.5 Å². The second-order valence-corrected chi connectivity index (χ2v) is 8.80. The molecule has 8 heteroatoms. The number of hydrogen-bond donors (Lipinski definition) is 1. The van der Waals surface area contributed by atoms with Crippen molar-refractivity contribution < 1.29 is 9.47 Å². The van der Waals surface area contributed by atoms with Gasteiger partial charge in [0.15, 0.2) is 11.5 Å². The van der Waals surface area contributed by atoms with Crippen molar-refractivity contribution >= 4 is 32.5 Å². The summed E-state index contributed by atoms with van der Waals surface area (Å²) in [6, 6.07) is 11.9. The summed E-state index contributed by atoms with van der Waals surface area (Å²) in [5.41, 5.74) is 1.48. The van der Waals surface area contributed by atoms with E-state index in [2.05, 4.69) is 28.1 Å². The zero-order chi connectivity index (χ0) is 21.4. The molecule has 1 atom stereocenters. The van der Waals surface area contributed by atoms with E-state index in [9.17, 15) is 4.79 Å². The zero-order valence-corrected chi connectivity index (χ0v) is 18.4. The second kappa shape index (κ2) is 8.28.